The third kappa shape index (κ3) is 3.89. The maximum atomic E-state index is 12.8. The van der Waals surface area contributed by atoms with Crippen LogP contribution in [-0.2, 0) is 11.2 Å². The molecule has 0 bridgehead atoms. The molecule has 2 amide bonds. The van der Waals surface area contributed by atoms with E-state index in [-0.39, 0.29) is 12.1 Å². The molecule has 0 saturated carbocycles. The number of nitrogens with one attached hydrogen (secondary N) is 2. The van der Waals surface area contributed by atoms with Crippen molar-refractivity contribution >= 4 is 11.7 Å². The second-order valence-corrected chi connectivity index (χ2v) is 6.64. The van der Waals surface area contributed by atoms with Gasteiger partial charge in [0.05, 0.1) is 12.8 Å². The highest BCUT2D eigenvalue weighted by Gasteiger charge is 2.34. The highest BCUT2D eigenvalue weighted by molar-refractivity contribution is 5.90. The fraction of sp³-hybridized carbons (Fsp3) is 0.368. The number of benzene rings is 1. The van der Waals surface area contributed by atoms with Crippen LogP contribution in [-0.4, -0.2) is 51.5 Å². The summed E-state index contributed by atoms with van der Waals surface area (Å²) in [5.74, 6) is 1.08. The van der Waals surface area contributed by atoms with E-state index in [1.165, 1.54) is 0 Å². The van der Waals surface area contributed by atoms with Crippen molar-refractivity contribution in [2.24, 2.45) is 0 Å². The topological polar surface area (TPSA) is 109 Å². The average Bonchev–Trinajstić information content (AvgIpc) is 3.48. The number of hydrogen-bond acceptors (Lipinski definition) is 6. The Labute approximate surface area is 162 Å². The first kappa shape index (κ1) is 18.2. The van der Waals surface area contributed by atoms with Crippen molar-refractivity contribution in [3.63, 3.8) is 0 Å². The van der Waals surface area contributed by atoms with Crippen LogP contribution in [0.4, 0.5) is 10.5 Å². The maximum absolute atomic E-state index is 12.8. The molecule has 9 heteroatoms. The third-order valence-corrected chi connectivity index (χ3v) is 4.78. The average molecular weight is 382 g/mol. The zero-order valence-corrected chi connectivity index (χ0v) is 15.6. The molecule has 0 radical (unpaired) electrons. The lowest BCUT2D eigenvalue weighted by atomic mass is 10.1. The second kappa shape index (κ2) is 8.22. The lowest BCUT2D eigenvalue weighted by molar-refractivity contribution is 0.192. The molecule has 0 unspecified atom stereocenters. The fourth-order valence-electron chi connectivity index (χ4n) is 3.31. The number of carbonyl (C=O) groups is 1. The number of nitrogens with zero attached hydrogens (tertiary/aromatic N) is 4. The summed E-state index contributed by atoms with van der Waals surface area (Å²) >= 11 is 0. The van der Waals surface area contributed by atoms with Gasteiger partial charge in [-0.2, -0.15) is 10.1 Å². The Bertz CT molecular complexity index is 906. The van der Waals surface area contributed by atoms with Gasteiger partial charge in [0.2, 0.25) is 5.89 Å². The summed E-state index contributed by atoms with van der Waals surface area (Å²) in [6.07, 6.45) is 5.87. The van der Waals surface area contributed by atoms with E-state index in [1.807, 2.05) is 30.5 Å². The SMILES string of the molecule is COCCc1noc([C@@H]2CCCN2C(=O)Nc2ccc(-c3cn[nH]c3)cc2)n1. The van der Waals surface area contributed by atoms with Gasteiger partial charge in [-0.05, 0) is 30.5 Å². The van der Waals surface area contributed by atoms with Crippen molar-refractivity contribution in [2.75, 3.05) is 25.6 Å². The van der Waals surface area contributed by atoms with E-state index in [0.29, 0.717) is 31.3 Å². The smallest absolute Gasteiger partial charge is 0.322 e. The van der Waals surface area contributed by atoms with Crippen LogP contribution in [0.2, 0.25) is 0 Å². The minimum atomic E-state index is -0.200. The number of rotatable bonds is 6. The van der Waals surface area contributed by atoms with Crippen molar-refractivity contribution in [2.45, 2.75) is 25.3 Å². The number of amides is 2. The molecule has 146 valence electrons. The highest BCUT2D eigenvalue weighted by atomic mass is 16.5. The predicted octanol–water partition coefficient (Wildman–Crippen LogP) is 3.02. The summed E-state index contributed by atoms with van der Waals surface area (Å²) in [5.41, 5.74) is 2.76. The molecule has 3 aromatic rings. The van der Waals surface area contributed by atoms with Gasteiger partial charge in [0.15, 0.2) is 5.82 Å². The quantitative estimate of drug-likeness (QED) is 0.678. The largest absolute Gasteiger partial charge is 0.384 e. The zero-order chi connectivity index (χ0) is 19.3. The summed E-state index contributed by atoms with van der Waals surface area (Å²) < 4.78 is 10.4. The molecule has 3 heterocycles. The number of anilines is 1. The molecule has 9 nitrogen and oxygen atoms in total. The maximum Gasteiger partial charge on any atom is 0.322 e. The van der Waals surface area contributed by atoms with E-state index < -0.39 is 0 Å². The molecule has 1 aromatic carbocycles. The van der Waals surface area contributed by atoms with Crippen LogP contribution in [0.15, 0.2) is 41.2 Å². The molecule has 28 heavy (non-hydrogen) atoms. The van der Waals surface area contributed by atoms with Crippen molar-refractivity contribution < 1.29 is 14.1 Å². The molecule has 4 rings (SSSR count). The van der Waals surface area contributed by atoms with Gasteiger partial charge in [0, 0.05) is 37.5 Å². The lowest BCUT2D eigenvalue weighted by Gasteiger charge is -2.22. The Hall–Kier alpha value is -3.20. The van der Waals surface area contributed by atoms with E-state index in [0.717, 1.165) is 29.7 Å². The van der Waals surface area contributed by atoms with Gasteiger partial charge >= 0.3 is 6.03 Å². The van der Waals surface area contributed by atoms with E-state index in [2.05, 4.69) is 25.7 Å². The number of hydrogen-bond donors (Lipinski definition) is 2. The summed E-state index contributed by atoms with van der Waals surface area (Å²) in [4.78, 5) is 18.9. The Balaban J connectivity index is 1.41. The Morgan fingerprint density at radius 3 is 2.96 bits per heavy atom. The van der Waals surface area contributed by atoms with Gasteiger partial charge in [-0.15, -0.1) is 0 Å². The van der Waals surface area contributed by atoms with Gasteiger partial charge in [0.25, 0.3) is 0 Å². The Morgan fingerprint density at radius 2 is 2.21 bits per heavy atom. The predicted molar refractivity (Wildman–Crippen MR) is 102 cm³/mol. The first-order valence-electron chi connectivity index (χ1n) is 9.23. The molecule has 1 aliphatic heterocycles. The number of methoxy groups -OCH3 is 1. The summed E-state index contributed by atoms with van der Waals surface area (Å²) in [7, 11) is 1.63. The minimum absolute atomic E-state index is 0.171. The van der Waals surface area contributed by atoms with Crippen LogP contribution in [0.5, 0.6) is 0 Å². The number of carbonyl (C=O) groups excluding carboxylic acids is 1. The van der Waals surface area contributed by atoms with Gasteiger partial charge in [-0.25, -0.2) is 4.79 Å². The molecule has 0 spiro atoms. The number of ether oxygens (including phenoxy) is 1. The van der Waals surface area contributed by atoms with Crippen molar-refractivity contribution in [3.05, 3.63) is 48.4 Å². The molecule has 1 fully saturated rings. The van der Waals surface area contributed by atoms with Crippen LogP contribution in [0.1, 0.15) is 30.6 Å². The second-order valence-electron chi connectivity index (χ2n) is 6.64. The summed E-state index contributed by atoms with van der Waals surface area (Å²) in [6, 6.07) is 7.27. The first-order chi connectivity index (χ1) is 13.7. The third-order valence-electron chi connectivity index (χ3n) is 4.78. The minimum Gasteiger partial charge on any atom is -0.384 e. The van der Waals surface area contributed by atoms with Crippen LogP contribution in [0, 0.1) is 0 Å². The molecule has 0 aliphatic carbocycles. The monoisotopic (exact) mass is 382 g/mol. The fourth-order valence-corrected chi connectivity index (χ4v) is 3.31. The molecule has 2 N–H and O–H groups in total. The van der Waals surface area contributed by atoms with Crippen LogP contribution < -0.4 is 5.32 Å². The van der Waals surface area contributed by atoms with Gasteiger partial charge in [-0.3, -0.25) is 5.10 Å². The Kier molecular flexibility index (Phi) is 5.34. The summed E-state index contributed by atoms with van der Waals surface area (Å²) in [6.45, 7) is 1.18. The molecule has 1 saturated heterocycles. The molecular weight excluding hydrogens is 360 g/mol. The number of urea groups is 1. The Morgan fingerprint density at radius 1 is 1.36 bits per heavy atom. The molecule has 1 atom stereocenters. The van der Waals surface area contributed by atoms with Crippen LogP contribution >= 0.6 is 0 Å². The lowest BCUT2D eigenvalue weighted by Crippen LogP contribution is -2.34. The van der Waals surface area contributed by atoms with Crippen molar-refractivity contribution in [1.82, 2.24) is 25.2 Å². The van der Waals surface area contributed by atoms with E-state index in [9.17, 15) is 4.79 Å². The van der Waals surface area contributed by atoms with E-state index >= 15 is 0 Å². The summed E-state index contributed by atoms with van der Waals surface area (Å²) in [5, 5.41) is 13.7. The van der Waals surface area contributed by atoms with Gasteiger partial charge < -0.3 is 19.5 Å². The number of aromatic nitrogens is 4. The zero-order valence-electron chi connectivity index (χ0n) is 15.6. The van der Waals surface area contributed by atoms with Crippen molar-refractivity contribution in [3.8, 4) is 11.1 Å². The van der Waals surface area contributed by atoms with Crippen LogP contribution in [0.25, 0.3) is 11.1 Å². The number of H-pyrrole nitrogens is 1. The normalized spacial score (nSPS) is 16.5. The first-order valence-corrected chi connectivity index (χ1v) is 9.23. The molecular formula is C19H22N6O3. The van der Waals surface area contributed by atoms with E-state index in [1.54, 1.807) is 18.2 Å². The molecule has 2 aromatic heterocycles. The van der Waals surface area contributed by atoms with Gasteiger partial charge in [0.1, 0.15) is 6.04 Å². The molecule has 1 aliphatic rings. The van der Waals surface area contributed by atoms with Crippen molar-refractivity contribution in [1.29, 1.82) is 0 Å². The van der Waals surface area contributed by atoms with Crippen LogP contribution in [0.3, 0.4) is 0 Å². The van der Waals surface area contributed by atoms with Gasteiger partial charge in [-0.1, -0.05) is 17.3 Å². The highest BCUT2D eigenvalue weighted by Crippen LogP contribution is 2.31. The van der Waals surface area contributed by atoms with E-state index in [4.69, 9.17) is 9.26 Å². The standard InChI is InChI=1S/C19H22N6O3/c1-27-10-8-17-23-18(28-24-17)16-3-2-9-25(16)19(26)22-15-6-4-13(5-7-15)14-11-20-21-12-14/h4-7,11-12,16H,2-3,8-10H2,1H3,(H,20,21)(H,22,26)/t16-/m0/s1. The number of likely N-dealkylation sites (tertiary alicyclic amines) is 1. The number of aromatic amines is 1.